The van der Waals surface area contributed by atoms with Crippen LogP contribution >= 0.6 is 0 Å². The van der Waals surface area contributed by atoms with Gasteiger partial charge < -0.3 is 4.74 Å². The van der Waals surface area contributed by atoms with E-state index in [1.54, 1.807) is 6.92 Å². The highest BCUT2D eigenvalue weighted by molar-refractivity contribution is 7.89. The summed E-state index contributed by atoms with van der Waals surface area (Å²) in [5.74, 6) is -0.154. The van der Waals surface area contributed by atoms with Crippen LogP contribution in [0, 0.1) is 6.92 Å². The van der Waals surface area contributed by atoms with Gasteiger partial charge in [0.25, 0.3) is 0 Å². The first kappa shape index (κ1) is 18.2. The van der Waals surface area contributed by atoms with Crippen molar-refractivity contribution >= 4 is 16.0 Å². The first-order valence-corrected chi connectivity index (χ1v) is 9.12. The van der Waals surface area contributed by atoms with E-state index in [0.717, 1.165) is 5.56 Å². The Morgan fingerprint density at radius 1 is 1.12 bits per heavy atom. The maximum absolute atomic E-state index is 12.1. The fourth-order valence-corrected chi connectivity index (χ4v) is 3.07. The van der Waals surface area contributed by atoms with E-state index in [1.165, 1.54) is 23.8 Å². The number of carbonyl (C=O) groups excluding carboxylic acids is 1. The number of sulfonamides is 1. The van der Waals surface area contributed by atoms with E-state index < -0.39 is 16.0 Å². The van der Waals surface area contributed by atoms with Crippen molar-refractivity contribution in [2.24, 2.45) is 5.14 Å². The van der Waals surface area contributed by atoms with Crippen LogP contribution in [-0.2, 0) is 21.4 Å². The molecule has 0 saturated heterocycles. The Hall–Kier alpha value is -2.18. The predicted molar refractivity (Wildman–Crippen MR) is 92.2 cm³/mol. The molecule has 0 radical (unpaired) electrons. The molecule has 0 amide bonds. The molecule has 128 valence electrons. The lowest BCUT2D eigenvalue weighted by Gasteiger charge is -2.09. The van der Waals surface area contributed by atoms with Gasteiger partial charge >= 0.3 is 5.97 Å². The second-order valence-corrected chi connectivity index (χ2v) is 7.53. The molecule has 0 aliphatic carbocycles. The Bertz CT molecular complexity index is 840. The molecule has 0 saturated carbocycles. The van der Waals surface area contributed by atoms with Crippen LogP contribution in [-0.4, -0.2) is 14.4 Å². The third-order valence-electron chi connectivity index (χ3n) is 3.75. The zero-order chi connectivity index (χ0) is 17.9. The maximum Gasteiger partial charge on any atom is 0.338 e. The molecule has 2 rings (SSSR count). The van der Waals surface area contributed by atoms with Gasteiger partial charge in [0.2, 0.25) is 10.0 Å². The van der Waals surface area contributed by atoms with Crippen molar-refractivity contribution in [1.82, 2.24) is 0 Å². The number of primary sulfonamides is 1. The topological polar surface area (TPSA) is 86.5 Å². The van der Waals surface area contributed by atoms with Gasteiger partial charge in [-0.25, -0.2) is 18.4 Å². The van der Waals surface area contributed by atoms with E-state index >= 15 is 0 Å². The van der Waals surface area contributed by atoms with Gasteiger partial charge in [0, 0.05) is 0 Å². The fourth-order valence-electron chi connectivity index (χ4n) is 2.26. The van der Waals surface area contributed by atoms with Crippen molar-refractivity contribution < 1.29 is 17.9 Å². The molecule has 0 aliphatic heterocycles. The highest BCUT2D eigenvalue weighted by Gasteiger charge is 2.16. The van der Waals surface area contributed by atoms with Crippen molar-refractivity contribution in [1.29, 1.82) is 0 Å². The number of hydrogen-bond acceptors (Lipinski definition) is 4. The van der Waals surface area contributed by atoms with E-state index in [9.17, 15) is 13.2 Å². The van der Waals surface area contributed by atoms with Crippen molar-refractivity contribution in [3.05, 3.63) is 64.7 Å². The molecule has 5 nitrogen and oxygen atoms in total. The molecule has 0 aromatic heterocycles. The highest BCUT2D eigenvalue weighted by atomic mass is 32.2. The van der Waals surface area contributed by atoms with E-state index in [0.29, 0.717) is 11.5 Å². The fraction of sp³-hybridized carbons (Fsp3) is 0.278. The minimum absolute atomic E-state index is 0.0711. The van der Waals surface area contributed by atoms with Crippen LogP contribution in [0.4, 0.5) is 0 Å². The molecular formula is C18H21NO4S. The molecule has 2 aromatic carbocycles. The molecule has 2 aromatic rings. The van der Waals surface area contributed by atoms with Gasteiger partial charge in [-0.2, -0.15) is 0 Å². The Morgan fingerprint density at radius 3 is 2.29 bits per heavy atom. The zero-order valence-electron chi connectivity index (χ0n) is 13.9. The predicted octanol–water partition coefficient (Wildman–Crippen LogP) is 3.12. The normalized spacial score (nSPS) is 11.5. The number of benzene rings is 2. The summed E-state index contributed by atoms with van der Waals surface area (Å²) in [6.07, 6.45) is 0. The van der Waals surface area contributed by atoms with Crippen molar-refractivity contribution in [3.63, 3.8) is 0 Å². The molecule has 2 N–H and O–H groups in total. The molecule has 0 bridgehead atoms. The smallest absolute Gasteiger partial charge is 0.338 e. The molecule has 0 aliphatic rings. The Morgan fingerprint density at radius 2 is 1.75 bits per heavy atom. The van der Waals surface area contributed by atoms with E-state index in [4.69, 9.17) is 9.88 Å². The minimum Gasteiger partial charge on any atom is -0.457 e. The van der Waals surface area contributed by atoms with E-state index in [1.807, 2.05) is 24.3 Å². The summed E-state index contributed by atoms with van der Waals surface area (Å²) in [4.78, 5) is 12.1. The third-order valence-corrected chi connectivity index (χ3v) is 4.80. The number of carbonyl (C=O) groups is 1. The molecule has 0 unspecified atom stereocenters. The SMILES string of the molecule is Cc1ccc(C(=O)OCc2ccc(C(C)C)cc2)cc1S(N)(=O)=O. The van der Waals surface area contributed by atoms with Crippen molar-refractivity contribution in [2.45, 2.75) is 38.2 Å². The molecule has 24 heavy (non-hydrogen) atoms. The van der Waals surface area contributed by atoms with Crippen molar-refractivity contribution in [2.75, 3.05) is 0 Å². The molecule has 0 fully saturated rings. The number of esters is 1. The zero-order valence-corrected chi connectivity index (χ0v) is 14.8. The number of ether oxygens (including phenoxy) is 1. The lowest BCUT2D eigenvalue weighted by molar-refractivity contribution is 0.0472. The summed E-state index contributed by atoms with van der Waals surface area (Å²) in [6, 6.07) is 12.1. The first-order valence-electron chi connectivity index (χ1n) is 7.58. The van der Waals surface area contributed by atoms with Crippen LogP contribution in [0.1, 0.15) is 46.8 Å². The standard InChI is InChI=1S/C18H21NO4S/c1-12(2)15-8-5-14(6-9-15)11-23-18(20)16-7-4-13(3)17(10-16)24(19,21)22/h4-10,12H,11H2,1-3H3,(H2,19,21,22). The second kappa shape index (κ2) is 7.15. The Kier molecular flexibility index (Phi) is 5.41. The van der Waals surface area contributed by atoms with Gasteiger partial charge in [0.15, 0.2) is 0 Å². The summed E-state index contributed by atoms with van der Waals surface area (Å²) < 4.78 is 28.3. The molecular weight excluding hydrogens is 326 g/mol. The van der Waals surface area contributed by atoms with Gasteiger partial charge in [-0.05, 0) is 41.7 Å². The van der Waals surface area contributed by atoms with Gasteiger partial charge in [-0.3, -0.25) is 0 Å². The first-order chi connectivity index (χ1) is 11.2. The Labute approximate surface area is 142 Å². The van der Waals surface area contributed by atoms with Crippen LogP contribution in [0.2, 0.25) is 0 Å². The summed E-state index contributed by atoms with van der Waals surface area (Å²) in [5, 5.41) is 5.15. The van der Waals surface area contributed by atoms with Gasteiger partial charge in [0.05, 0.1) is 10.5 Å². The molecule has 0 atom stereocenters. The van der Waals surface area contributed by atoms with Gasteiger partial charge in [-0.1, -0.05) is 44.2 Å². The number of nitrogens with two attached hydrogens (primary N) is 1. The van der Waals surface area contributed by atoms with E-state index in [-0.39, 0.29) is 17.1 Å². The maximum atomic E-state index is 12.1. The van der Waals surface area contributed by atoms with Crippen LogP contribution < -0.4 is 5.14 Å². The molecule has 6 heteroatoms. The number of hydrogen-bond donors (Lipinski definition) is 1. The monoisotopic (exact) mass is 347 g/mol. The number of rotatable bonds is 5. The minimum atomic E-state index is -3.88. The van der Waals surface area contributed by atoms with Crippen molar-refractivity contribution in [3.8, 4) is 0 Å². The van der Waals surface area contributed by atoms with Crippen LogP contribution in [0.25, 0.3) is 0 Å². The third kappa shape index (κ3) is 4.43. The molecule has 0 spiro atoms. The molecule has 0 heterocycles. The van der Waals surface area contributed by atoms with Crippen LogP contribution in [0.3, 0.4) is 0 Å². The average molecular weight is 347 g/mol. The lowest BCUT2D eigenvalue weighted by Crippen LogP contribution is -2.15. The Balaban J connectivity index is 2.10. The summed E-state index contributed by atoms with van der Waals surface area (Å²) in [6.45, 7) is 5.95. The highest BCUT2D eigenvalue weighted by Crippen LogP contribution is 2.18. The second-order valence-electron chi connectivity index (χ2n) is 6.00. The quantitative estimate of drug-likeness (QED) is 0.842. The van der Waals surface area contributed by atoms with Gasteiger partial charge in [0.1, 0.15) is 6.61 Å². The summed E-state index contributed by atoms with van der Waals surface area (Å²) in [7, 11) is -3.88. The summed E-state index contributed by atoms with van der Waals surface area (Å²) in [5.41, 5.74) is 2.72. The van der Waals surface area contributed by atoms with Crippen LogP contribution in [0.5, 0.6) is 0 Å². The summed E-state index contributed by atoms with van der Waals surface area (Å²) >= 11 is 0. The van der Waals surface area contributed by atoms with E-state index in [2.05, 4.69) is 13.8 Å². The van der Waals surface area contributed by atoms with Gasteiger partial charge in [-0.15, -0.1) is 0 Å². The van der Waals surface area contributed by atoms with Crippen LogP contribution in [0.15, 0.2) is 47.4 Å². The number of aryl methyl sites for hydroxylation is 1. The largest absolute Gasteiger partial charge is 0.457 e. The average Bonchev–Trinajstić information content (AvgIpc) is 2.52. The lowest BCUT2D eigenvalue weighted by atomic mass is 10.0.